The van der Waals surface area contributed by atoms with Gasteiger partial charge in [-0.2, -0.15) is 0 Å². The zero-order valence-electron chi connectivity index (χ0n) is 14.1. The lowest BCUT2D eigenvalue weighted by Gasteiger charge is -2.21. The molecule has 1 atom stereocenters. The average molecular weight is 352 g/mol. The molecule has 1 aliphatic heterocycles. The second-order valence-electron chi connectivity index (χ2n) is 6.32. The lowest BCUT2D eigenvalue weighted by Crippen LogP contribution is -2.34. The Kier molecular flexibility index (Phi) is 3.85. The molecular weight excluding hydrogens is 334 g/mol. The summed E-state index contributed by atoms with van der Waals surface area (Å²) in [5.41, 5.74) is 3.20. The molecule has 0 aliphatic carbocycles. The molecule has 1 aromatic heterocycles. The SMILES string of the molecule is CC1N=Cc2c(n(Cc3ccc(Cl)cc3)c3ccccc23)N(C)C1=O. The van der Waals surface area contributed by atoms with Gasteiger partial charge in [0.1, 0.15) is 11.9 Å². The van der Waals surface area contributed by atoms with Crippen molar-refractivity contribution in [1.29, 1.82) is 0 Å². The van der Waals surface area contributed by atoms with E-state index in [0.29, 0.717) is 11.6 Å². The highest BCUT2D eigenvalue weighted by molar-refractivity contribution is 6.30. The second-order valence-corrected chi connectivity index (χ2v) is 6.75. The van der Waals surface area contributed by atoms with Crippen LogP contribution >= 0.6 is 11.6 Å². The third-order valence-corrected chi connectivity index (χ3v) is 4.92. The minimum absolute atomic E-state index is 0.00448. The summed E-state index contributed by atoms with van der Waals surface area (Å²) in [6, 6.07) is 15.6. The summed E-state index contributed by atoms with van der Waals surface area (Å²) in [7, 11) is 1.82. The van der Waals surface area contributed by atoms with E-state index in [1.807, 2.05) is 56.6 Å². The van der Waals surface area contributed by atoms with Crippen molar-refractivity contribution in [2.45, 2.75) is 19.5 Å². The summed E-state index contributed by atoms with van der Waals surface area (Å²) in [5, 5.41) is 1.82. The summed E-state index contributed by atoms with van der Waals surface area (Å²) in [4.78, 5) is 18.8. The van der Waals surface area contributed by atoms with E-state index in [2.05, 4.69) is 21.7 Å². The van der Waals surface area contributed by atoms with Crippen LogP contribution in [0, 0.1) is 0 Å². The smallest absolute Gasteiger partial charge is 0.252 e. The first-order chi connectivity index (χ1) is 12.1. The molecule has 0 saturated heterocycles. The third kappa shape index (κ3) is 2.63. The Morgan fingerprint density at radius 2 is 1.84 bits per heavy atom. The van der Waals surface area contributed by atoms with Crippen molar-refractivity contribution < 1.29 is 4.79 Å². The molecule has 25 heavy (non-hydrogen) atoms. The van der Waals surface area contributed by atoms with Crippen LogP contribution < -0.4 is 4.90 Å². The summed E-state index contributed by atoms with van der Waals surface area (Å²) in [6.45, 7) is 2.49. The fourth-order valence-corrected chi connectivity index (χ4v) is 3.50. The minimum atomic E-state index is -0.375. The van der Waals surface area contributed by atoms with Gasteiger partial charge in [-0.05, 0) is 30.7 Å². The number of carbonyl (C=O) groups excluding carboxylic acids is 1. The number of fused-ring (bicyclic) bond motifs is 3. The molecule has 2 aromatic carbocycles. The number of aliphatic imine (C=N–C) groups is 1. The van der Waals surface area contributed by atoms with Gasteiger partial charge in [0.15, 0.2) is 0 Å². The van der Waals surface area contributed by atoms with Gasteiger partial charge in [-0.15, -0.1) is 0 Å². The van der Waals surface area contributed by atoms with Crippen LogP contribution in [0.25, 0.3) is 10.9 Å². The first kappa shape index (κ1) is 15.9. The second kappa shape index (κ2) is 6.05. The Labute approximate surface area is 151 Å². The van der Waals surface area contributed by atoms with Crippen LogP contribution in [0.3, 0.4) is 0 Å². The van der Waals surface area contributed by atoms with Gasteiger partial charge in [-0.25, -0.2) is 0 Å². The molecule has 1 aliphatic rings. The number of hydrogen-bond acceptors (Lipinski definition) is 2. The number of hydrogen-bond donors (Lipinski definition) is 0. The van der Waals surface area contributed by atoms with Gasteiger partial charge in [0, 0.05) is 35.8 Å². The van der Waals surface area contributed by atoms with Crippen LogP contribution in [0.4, 0.5) is 5.82 Å². The number of carbonyl (C=O) groups is 1. The van der Waals surface area contributed by atoms with Crippen molar-refractivity contribution in [3.63, 3.8) is 0 Å². The van der Waals surface area contributed by atoms with Crippen LogP contribution in [0.2, 0.25) is 5.02 Å². The Morgan fingerprint density at radius 1 is 1.12 bits per heavy atom. The zero-order valence-corrected chi connectivity index (χ0v) is 14.9. The molecule has 126 valence electrons. The molecule has 4 rings (SSSR count). The van der Waals surface area contributed by atoms with Crippen LogP contribution in [0.5, 0.6) is 0 Å². The molecular formula is C20H18ClN3O. The summed E-state index contributed by atoms with van der Waals surface area (Å²) >= 11 is 6.01. The van der Waals surface area contributed by atoms with E-state index in [9.17, 15) is 4.79 Å². The highest BCUT2D eigenvalue weighted by Gasteiger charge is 2.28. The van der Waals surface area contributed by atoms with Crippen LogP contribution in [0.15, 0.2) is 53.5 Å². The van der Waals surface area contributed by atoms with Gasteiger partial charge < -0.3 is 4.57 Å². The molecule has 4 nitrogen and oxygen atoms in total. The van der Waals surface area contributed by atoms with Gasteiger partial charge in [-0.3, -0.25) is 14.7 Å². The predicted octanol–water partition coefficient (Wildman–Crippen LogP) is 4.13. The van der Waals surface area contributed by atoms with Crippen molar-refractivity contribution in [3.8, 4) is 0 Å². The number of benzene rings is 2. The molecule has 0 bridgehead atoms. The van der Waals surface area contributed by atoms with Crippen LogP contribution in [-0.4, -0.2) is 29.8 Å². The molecule has 1 amide bonds. The van der Waals surface area contributed by atoms with E-state index < -0.39 is 0 Å². The maximum absolute atomic E-state index is 12.6. The Hall–Kier alpha value is -2.59. The number of rotatable bonds is 2. The number of nitrogens with zero attached hydrogens (tertiary/aromatic N) is 3. The van der Waals surface area contributed by atoms with E-state index in [-0.39, 0.29) is 11.9 Å². The molecule has 1 unspecified atom stereocenters. The van der Waals surface area contributed by atoms with Crippen molar-refractivity contribution >= 4 is 40.4 Å². The number of amides is 1. The summed E-state index contributed by atoms with van der Waals surface area (Å²) in [5.74, 6) is 0.879. The number of aromatic nitrogens is 1. The minimum Gasteiger partial charge on any atom is -0.322 e. The fourth-order valence-electron chi connectivity index (χ4n) is 3.37. The number of likely N-dealkylation sites (N-methyl/N-ethyl adjacent to an activating group) is 1. The molecule has 3 aromatic rings. The van der Waals surface area contributed by atoms with Gasteiger partial charge in [0.2, 0.25) is 0 Å². The third-order valence-electron chi connectivity index (χ3n) is 4.67. The number of para-hydroxylation sites is 1. The first-order valence-electron chi connectivity index (χ1n) is 8.22. The van der Waals surface area contributed by atoms with E-state index in [1.165, 1.54) is 0 Å². The van der Waals surface area contributed by atoms with E-state index >= 15 is 0 Å². The van der Waals surface area contributed by atoms with E-state index in [0.717, 1.165) is 27.8 Å². The van der Waals surface area contributed by atoms with Gasteiger partial charge in [-0.1, -0.05) is 41.9 Å². The Bertz CT molecular complexity index is 988. The normalized spacial score (nSPS) is 17.0. The molecule has 5 heteroatoms. The van der Waals surface area contributed by atoms with Gasteiger partial charge in [0.05, 0.1) is 5.52 Å². The number of halogens is 1. The highest BCUT2D eigenvalue weighted by atomic mass is 35.5. The maximum Gasteiger partial charge on any atom is 0.252 e. The van der Waals surface area contributed by atoms with Crippen LogP contribution in [-0.2, 0) is 11.3 Å². The quantitative estimate of drug-likeness (QED) is 0.684. The topological polar surface area (TPSA) is 37.6 Å². The average Bonchev–Trinajstić information content (AvgIpc) is 2.88. The first-order valence-corrected chi connectivity index (χ1v) is 8.60. The standard InChI is InChI=1S/C20H18ClN3O/c1-13-20(25)23(2)19-17(11-22-13)16-5-3-4-6-18(16)24(19)12-14-7-9-15(21)10-8-14/h3-11,13H,12H2,1-2H3. The summed E-state index contributed by atoms with van der Waals surface area (Å²) in [6.07, 6.45) is 1.84. The molecule has 0 fully saturated rings. The maximum atomic E-state index is 12.6. The lowest BCUT2D eigenvalue weighted by atomic mass is 10.2. The Balaban J connectivity index is 1.94. The van der Waals surface area contributed by atoms with E-state index in [1.54, 1.807) is 4.90 Å². The van der Waals surface area contributed by atoms with E-state index in [4.69, 9.17) is 11.6 Å². The lowest BCUT2D eigenvalue weighted by molar-refractivity contribution is -0.119. The van der Waals surface area contributed by atoms with Crippen molar-refractivity contribution in [2.24, 2.45) is 4.99 Å². The fraction of sp³-hybridized carbons (Fsp3) is 0.200. The molecule has 0 radical (unpaired) electrons. The Morgan fingerprint density at radius 3 is 2.60 bits per heavy atom. The largest absolute Gasteiger partial charge is 0.322 e. The van der Waals surface area contributed by atoms with Gasteiger partial charge >= 0.3 is 0 Å². The molecule has 2 heterocycles. The predicted molar refractivity (Wildman–Crippen MR) is 103 cm³/mol. The zero-order chi connectivity index (χ0) is 17.6. The monoisotopic (exact) mass is 351 g/mol. The van der Waals surface area contributed by atoms with Crippen molar-refractivity contribution in [1.82, 2.24) is 4.57 Å². The highest BCUT2D eigenvalue weighted by Crippen LogP contribution is 2.34. The molecule has 0 N–H and O–H groups in total. The molecule has 0 spiro atoms. The summed E-state index contributed by atoms with van der Waals surface area (Å²) < 4.78 is 2.18. The molecule has 0 saturated carbocycles. The van der Waals surface area contributed by atoms with Crippen molar-refractivity contribution in [3.05, 3.63) is 64.7 Å². The van der Waals surface area contributed by atoms with Gasteiger partial charge in [0.25, 0.3) is 5.91 Å². The van der Waals surface area contributed by atoms with Crippen molar-refractivity contribution in [2.75, 3.05) is 11.9 Å². The number of anilines is 1. The van der Waals surface area contributed by atoms with Crippen LogP contribution in [0.1, 0.15) is 18.1 Å².